The summed E-state index contributed by atoms with van der Waals surface area (Å²) in [6.45, 7) is 2.37. The normalized spacial score (nSPS) is 11.9. The van der Waals surface area contributed by atoms with Gasteiger partial charge >= 0.3 is 0 Å². The molecule has 0 aliphatic heterocycles. The van der Waals surface area contributed by atoms with Crippen molar-refractivity contribution in [1.82, 2.24) is 5.32 Å². The highest BCUT2D eigenvalue weighted by Crippen LogP contribution is 2.12. The minimum atomic E-state index is -0.673. The van der Waals surface area contributed by atoms with Gasteiger partial charge < -0.3 is 16.2 Å². The fourth-order valence-electron chi connectivity index (χ4n) is 1.84. The van der Waals surface area contributed by atoms with Gasteiger partial charge in [-0.3, -0.25) is 4.79 Å². The van der Waals surface area contributed by atoms with Crippen LogP contribution in [0.3, 0.4) is 0 Å². The molecule has 1 unspecified atom stereocenters. The van der Waals surface area contributed by atoms with Gasteiger partial charge in [-0.1, -0.05) is 42.0 Å². The van der Waals surface area contributed by atoms with E-state index >= 15 is 0 Å². The van der Waals surface area contributed by atoms with E-state index in [4.69, 9.17) is 5.73 Å². The first-order chi connectivity index (χ1) is 9.56. The lowest BCUT2D eigenvalue weighted by atomic mass is 10.1. The van der Waals surface area contributed by atoms with E-state index in [1.54, 1.807) is 24.3 Å². The smallest absolute Gasteiger partial charge is 0.241 e. The standard InChI is InChI=1S/C16H18N2O2/c1-11-2-6-13(7-3-11)15(17)16(20)18-10-12-4-8-14(19)9-5-12/h2-9,15,19H,10,17H2,1H3,(H,18,20). The third-order valence-electron chi connectivity index (χ3n) is 3.12. The topological polar surface area (TPSA) is 75.4 Å². The molecule has 104 valence electrons. The molecule has 1 atom stereocenters. The Labute approximate surface area is 118 Å². The summed E-state index contributed by atoms with van der Waals surface area (Å²) in [7, 11) is 0. The van der Waals surface area contributed by atoms with E-state index in [2.05, 4.69) is 5.32 Å². The molecule has 0 saturated heterocycles. The first kappa shape index (κ1) is 14.1. The van der Waals surface area contributed by atoms with Crippen LogP contribution in [0.2, 0.25) is 0 Å². The van der Waals surface area contributed by atoms with Crippen molar-refractivity contribution in [3.63, 3.8) is 0 Å². The molecule has 2 aromatic rings. The quantitative estimate of drug-likeness (QED) is 0.795. The van der Waals surface area contributed by atoms with Gasteiger partial charge in [-0.2, -0.15) is 0 Å². The van der Waals surface area contributed by atoms with Crippen LogP contribution in [0.4, 0.5) is 0 Å². The summed E-state index contributed by atoms with van der Waals surface area (Å²) in [5.74, 6) is -0.0154. The monoisotopic (exact) mass is 270 g/mol. The summed E-state index contributed by atoms with van der Waals surface area (Å²) in [5.41, 5.74) is 8.75. The van der Waals surface area contributed by atoms with Crippen molar-refractivity contribution in [2.45, 2.75) is 19.5 Å². The van der Waals surface area contributed by atoms with Crippen LogP contribution >= 0.6 is 0 Å². The van der Waals surface area contributed by atoms with Gasteiger partial charge in [0, 0.05) is 6.54 Å². The molecule has 0 aliphatic carbocycles. The van der Waals surface area contributed by atoms with E-state index in [0.29, 0.717) is 6.54 Å². The first-order valence-corrected chi connectivity index (χ1v) is 6.44. The van der Waals surface area contributed by atoms with Crippen molar-refractivity contribution < 1.29 is 9.90 Å². The molecule has 4 nitrogen and oxygen atoms in total. The maximum Gasteiger partial charge on any atom is 0.241 e. The highest BCUT2D eigenvalue weighted by atomic mass is 16.3. The molecular formula is C16H18N2O2. The molecule has 0 aliphatic rings. The lowest BCUT2D eigenvalue weighted by molar-refractivity contribution is -0.122. The Kier molecular flexibility index (Phi) is 4.38. The van der Waals surface area contributed by atoms with Crippen molar-refractivity contribution in [3.05, 3.63) is 65.2 Å². The van der Waals surface area contributed by atoms with Gasteiger partial charge in [-0.05, 0) is 30.2 Å². The Hall–Kier alpha value is -2.33. The molecule has 0 spiro atoms. The van der Waals surface area contributed by atoms with Crippen molar-refractivity contribution in [2.75, 3.05) is 0 Å². The molecular weight excluding hydrogens is 252 g/mol. The number of aryl methyl sites for hydroxylation is 1. The molecule has 4 heteroatoms. The predicted octanol–water partition coefficient (Wildman–Crippen LogP) is 2.02. The molecule has 0 fully saturated rings. The summed E-state index contributed by atoms with van der Waals surface area (Å²) in [5, 5.41) is 12.0. The van der Waals surface area contributed by atoms with E-state index < -0.39 is 6.04 Å². The maximum absolute atomic E-state index is 12.0. The van der Waals surface area contributed by atoms with Crippen molar-refractivity contribution in [1.29, 1.82) is 0 Å². The lowest BCUT2D eigenvalue weighted by Gasteiger charge is -2.13. The molecule has 0 saturated carbocycles. The van der Waals surface area contributed by atoms with E-state index in [9.17, 15) is 9.90 Å². The maximum atomic E-state index is 12.0. The van der Waals surface area contributed by atoms with Crippen LogP contribution in [-0.2, 0) is 11.3 Å². The Morgan fingerprint density at radius 3 is 2.35 bits per heavy atom. The molecule has 1 amide bonds. The van der Waals surface area contributed by atoms with Gasteiger partial charge in [-0.25, -0.2) is 0 Å². The van der Waals surface area contributed by atoms with Crippen molar-refractivity contribution in [2.24, 2.45) is 5.73 Å². The second-order valence-corrected chi connectivity index (χ2v) is 4.77. The molecule has 0 bridgehead atoms. The largest absolute Gasteiger partial charge is 0.508 e. The minimum absolute atomic E-state index is 0.205. The van der Waals surface area contributed by atoms with E-state index in [1.165, 1.54) is 0 Å². The number of phenols is 1. The number of carbonyl (C=O) groups is 1. The summed E-state index contributed by atoms with van der Waals surface area (Å²) < 4.78 is 0. The van der Waals surface area contributed by atoms with E-state index in [-0.39, 0.29) is 11.7 Å². The first-order valence-electron chi connectivity index (χ1n) is 6.44. The third-order valence-corrected chi connectivity index (χ3v) is 3.12. The Morgan fingerprint density at radius 2 is 1.75 bits per heavy atom. The van der Waals surface area contributed by atoms with Crippen molar-refractivity contribution in [3.8, 4) is 5.75 Å². The fourth-order valence-corrected chi connectivity index (χ4v) is 1.84. The highest BCUT2D eigenvalue weighted by Gasteiger charge is 2.14. The number of carbonyl (C=O) groups excluding carboxylic acids is 1. The zero-order valence-electron chi connectivity index (χ0n) is 11.3. The van der Waals surface area contributed by atoms with Crippen LogP contribution in [0.5, 0.6) is 5.75 Å². The van der Waals surface area contributed by atoms with Gasteiger partial charge in [0.05, 0.1) is 0 Å². The number of phenolic OH excluding ortho intramolecular Hbond substituents is 1. The third kappa shape index (κ3) is 3.59. The van der Waals surface area contributed by atoms with Gasteiger partial charge in [0.1, 0.15) is 11.8 Å². The second kappa shape index (κ2) is 6.21. The SMILES string of the molecule is Cc1ccc(C(N)C(=O)NCc2ccc(O)cc2)cc1. The molecule has 2 aromatic carbocycles. The summed E-state index contributed by atoms with van der Waals surface area (Å²) in [6, 6.07) is 13.6. The molecule has 20 heavy (non-hydrogen) atoms. The number of hydrogen-bond donors (Lipinski definition) is 3. The number of rotatable bonds is 4. The molecule has 0 heterocycles. The molecule has 2 rings (SSSR count). The van der Waals surface area contributed by atoms with Gasteiger partial charge in [0.25, 0.3) is 0 Å². The number of aromatic hydroxyl groups is 1. The van der Waals surface area contributed by atoms with E-state index in [0.717, 1.165) is 16.7 Å². The Balaban J connectivity index is 1.94. The highest BCUT2D eigenvalue weighted by molar-refractivity contribution is 5.82. The van der Waals surface area contributed by atoms with Crippen LogP contribution in [0, 0.1) is 6.92 Å². The number of hydrogen-bond acceptors (Lipinski definition) is 3. The van der Waals surface area contributed by atoms with Crippen LogP contribution in [0.25, 0.3) is 0 Å². The van der Waals surface area contributed by atoms with Crippen LogP contribution in [0.15, 0.2) is 48.5 Å². The number of amides is 1. The fraction of sp³-hybridized carbons (Fsp3) is 0.188. The Morgan fingerprint density at radius 1 is 1.15 bits per heavy atom. The average molecular weight is 270 g/mol. The number of nitrogens with one attached hydrogen (secondary N) is 1. The average Bonchev–Trinajstić information content (AvgIpc) is 2.46. The molecule has 0 aromatic heterocycles. The molecule has 0 radical (unpaired) electrons. The van der Waals surface area contributed by atoms with Crippen LogP contribution in [0.1, 0.15) is 22.7 Å². The zero-order chi connectivity index (χ0) is 14.5. The number of benzene rings is 2. The van der Waals surface area contributed by atoms with E-state index in [1.807, 2.05) is 31.2 Å². The predicted molar refractivity (Wildman–Crippen MR) is 78.1 cm³/mol. The van der Waals surface area contributed by atoms with Crippen LogP contribution < -0.4 is 11.1 Å². The number of nitrogens with two attached hydrogens (primary N) is 1. The lowest BCUT2D eigenvalue weighted by Crippen LogP contribution is -2.33. The second-order valence-electron chi connectivity index (χ2n) is 4.77. The van der Waals surface area contributed by atoms with Crippen LogP contribution in [-0.4, -0.2) is 11.0 Å². The van der Waals surface area contributed by atoms with Crippen molar-refractivity contribution >= 4 is 5.91 Å². The minimum Gasteiger partial charge on any atom is -0.508 e. The molecule has 4 N–H and O–H groups in total. The summed E-state index contributed by atoms with van der Waals surface area (Å²) in [6.07, 6.45) is 0. The summed E-state index contributed by atoms with van der Waals surface area (Å²) in [4.78, 5) is 12.0. The van der Waals surface area contributed by atoms with Gasteiger partial charge in [-0.15, -0.1) is 0 Å². The summed E-state index contributed by atoms with van der Waals surface area (Å²) >= 11 is 0. The zero-order valence-corrected chi connectivity index (χ0v) is 11.3. The Bertz CT molecular complexity index is 576. The van der Waals surface area contributed by atoms with Gasteiger partial charge in [0.2, 0.25) is 5.91 Å². The van der Waals surface area contributed by atoms with Gasteiger partial charge in [0.15, 0.2) is 0 Å².